The number of rotatable bonds is 2. The zero-order chi connectivity index (χ0) is 14.7. The Morgan fingerprint density at radius 3 is 2.81 bits per heavy atom. The van der Waals surface area contributed by atoms with Crippen LogP contribution in [0, 0.1) is 0 Å². The second-order valence-corrected chi connectivity index (χ2v) is 6.31. The van der Waals surface area contributed by atoms with E-state index in [0.717, 1.165) is 13.0 Å². The maximum Gasteiger partial charge on any atom is 0.251 e. The van der Waals surface area contributed by atoms with Gasteiger partial charge in [-0.25, -0.2) is 4.90 Å². The minimum atomic E-state index is 1.04. The number of hydrogen-bond donors (Lipinski definition) is 0. The monoisotopic (exact) mass is 283 g/mol. The second kappa shape index (κ2) is 6.46. The van der Waals surface area contributed by atoms with Gasteiger partial charge in [-0.1, -0.05) is 30.9 Å². The normalized spacial score (nSPS) is 24.7. The predicted molar refractivity (Wildman–Crippen MR) is 89.5 cm³/mol. The van der Waals surface area contributed by atoms with Crippen LogP contribution in [0.3, 0.4) is 0 Å². The topological polar surface area (TPSA) is 6.25 Å². The van der Waals surface area contributed by atoms with Gasteiger partial charge in [0.25, 0.3) is 5.84 Å². The second-order valence-electron chi connectivity index (χ2n) is 6.31. The van der Waals surface area contributed by atoms with Gasteiger partial charge in [0.2, 0.25) is 0 Å². The van der Waals surface area contributed by atoms with Crippen molar-refractivity contribution in [1.29, 1.82) is 0 Å². The van der Waals surface area contributed by atoms with Gasteiger partial charge in [0.15, 0.2) is 0 Å². The van der Waals surface area contributed by atoms with Crippen molar-refractivity contribution in [2.75, 3.05) is 19.6 Å². The molecular formula is C19H27N2+. The maximum atomic E-state index is 4.44. The van der Waals surface area contributed by atoms with E-state index >= 15 is 0 Å². The molecule has 0 aromatic carbocycles. The first kappa shape index (κ1) is 14.4. The summed E-state index contributed by atoms with van der Waals surface area (Å²) in [6, 6.07) is 0. The summed E-state index contributed by atoms with van der Waals surface area (Å²) in [4.78, 5) is 2.50. The van der Waals surface area contributed by atoms with Gasteiger partial charge in [-0.3, -0.25) is 4.58 Å². The third-order valence-corrected chi connectivity index (χ3v) is 4.94. The molecule has 0 amide bonds. The zero-order valence-corrected chi connectivity index (χ0v) is 13.3. The van der Waals surface area contributed by atoms with E-state index in [9.17, 15) is 0 Å². The molecule has 0 radical (unpaired) electrons. The summed E-state index contributed by atoms with van der Waals surface area (Å²) < 4.78 is 2.61. The van der Waals surface area contributed by atoms with Gasteiger partial charge in [-0.05, 0) is 43.8 Å². The molecule has 0 fully saturated rings. The van der Waals surface area contributed by atoms with E-state index < -0.39 is 0 Å². The Balaban J connectivity index is 1.86. The van der Waals surface area contributed by atoms with Crippen LogP contribution in [0.1, 0.15) is 45.4 Å². The first-order valence-electron chi connectivity index (χ1n) is 8.38. The summed E-state index contributed by atoms with van der Waals surface area (Å²) in [7, 11) is 0. The highest BCUT2D eigenvalue weighted by Gasteiger charge is 2.31. The van der Waals surface area contributed by atoms with Crippen LogP contribution in [0.15, 0.2) is 47.7 Å². The molecule has 21 heavy (non-hydrogen) atoms. The maximum absolute atomic E-state index is 4.44. The highest BCUT2D eigenvalue weighted by atomic mass is 15.3. The lowest BCUT2D eigenvalue weighted by atomic mass is 9.99. The van der Waals surface area contributed by atoms with Crippen molar-refractivity contribution in [1.82, 2.24) is 4.90 Å². The molecule has 0 N–H and O–H groups in total. The Labute approximate surface area is 128 Å². The molecule has 3 rings (SSSR count). The van der Waals surface area contributed by atoms with E-state index in [2.05, 4.69) is 47.3 Å². The standard InChI is InChI=1S/C19H27N2/c1-16(18-10-5-3-6-11-18)17(2)21-15-9-14-20-13-8-4-7-12-19(20)21/h3,5-6,10H,2,4,7-9,11-15H2,1H3/q+1/b18-16+. The Hall–Kier alpha value is -1.57. The molecule has 0 saturated heterocycles. The Kier molecular flexibility index (Phi) is 4.42. The van der Waals surface area contributed by atoms with Crippen molar-refractivity contribution in [3.8, 4) is 0 Å². The van der Waals surface area contributed by atoms with Crippen molar-refractivity contribution in [3.05, 3.63) is 47.7 Å². The predicted octanol–water partition coefficient (Wildman–Crippen LogP) is 4.02. The van der Waals surface area contributed by atoms with Crippen LogP contribution in [-0.2, 0) is 0 Å². The Morgan fingerprint density at radius 2 is 2.00 bits per heavy atom. The van der Waals surface area contributed by atoms with Gasteiger partial charge >= 0.3 is 0 Å². The molecule has 2 aliphatic heterocycles. The molecule has 3 aliphatic rings. The van der Waals surface area contributed by atoms with Crippen molar-refractivity contribution < 1.29 is 4.58 Å². The number of amidine groups is 1. The number of hydrogen-bond acceptors (Lipinski definition) is 1. The number of allylic oxidation sites excluding steroid dienone is 6. The van der Waals surface area contributed by atoms with Gasteiger partial charge in [-0.2, -0.15) is 0 Å². The van der Waals surface area contributed by atoms with Crippen LogP contribution in [0.25, 0.3) is 0 Å². The Morgan fingerprint density at radius 1 is 1.14 bits per heavy atom. The summed E-state index contributed by atoms with van der Waals surface area (Å²) in [5.74, 6) is 1.53. The summed E-state index contributed by atoms with van der Waals surface area (Å²) in [6.07, 6.45) is 16.3. The lowest BCUT2D eigenvalue weighted by Crippen LogP contribution is -2.43. The van der Waals surface area contributed by atoms with E-state index in [-0.39, 0.29) is 0 Å². The van der Waals surface area contributed by atoms with E-state index in [1.807, 2.05) is 0 Å². The van der Waals surface area contributed by atoms with Crippen LogP contribution in [0.2, 0.25) is 0 Å². The van der Waals surface area contributed by atoms with Crippen LogP contribution in [0.4, 0.5) is 0 Å². The largest absolute Gasteiger partial charge is 0.265 e. The van der Waals surface area contributed by atoms with Crippen LogP contribution in [0.5, 0.6) is 0 Å². The van der Waals surface area contributed by atoms with Crippen molar-refractivity contribution in [2.24, 2.45) is 0 Å². The minimum Gasteiger partial charge on any atom is -0.265 e. The molecule has 112 valence electrons. The third-order valence-electron chi connectivity index (χ3n) is 4.94. The van der Waals surface area contributed by atoms with Crippen molar-refractivity contribution >= 4 is 5.84 Å². The van der Waals surface area contributed by atoms with E-state index in [1.165, 1.54) is 67.9 Å². The summed E-state index contributed by atoms with van der Waals surface area (Å²) >= 11 is 0. The molecule has 0 aromatic heterocycles. The summed E-state index contributed by atoms with van der Waals surface area (Å²) in [5.41, 5.74) is 3.98. The molecule has 0 bridgehead atoms. The zero-order valence-electron chi connectivity index (χ0n) is 13.3. The average molecular weight is 283 g/mol. The molecule has 2 heterocycles. The molecule has 2 nitrogen and oxygen atoms in total. The molecule has 0 aromatic rings. The highest BCUT2D eigenvalue weighted by Crippen LogP contribution is 2.26. The van der Waals surface area contributed by atoms with Crippen LogP contribution < -0.4 is 0 Å². The van der Waals surface area contributed by atoms with Gasteiger partial charge in [0.05, 0.1) is 19.6 Å². The van der Waals surface area contributed by atoms with Crippen LogP contribution >= 0.6 is 0 Å². The third kappa shape index (κ3) is 3.04. The van der Waals surface area contributed by atoms with Gasteiger partial charge in [0.1, 0.15) is 5.70 Å². The van der Waals surface area contributed by atoms with E-state index in [1.54, 1.807) is 0 Å². The molecule has 2 heteroatoms. The fourth-order valence-electron chi connectivity index (χ4n) is 3.61. The summed E-state index contributed by atoms with van der Waals surface area (Å²) in [5, 5.41) is 0. The SMILES string of the molecule is C=C(/C(C)=C1\C=CC=CC1)N1CCC[N+]2=C1CCCCC2. The summed E-state index contributed by atoms with van der Waals surface area (Å²) in [6.45, 7) is 10.3. The van der Waals surface area contributed by atoms with E-state index in [0.29, 0.717) is 0 Å². The van der Waals surface area contributed by atoms with Crippen molar-refractivity contribution in [2.45, 2.75) is 45.4 Å². The lowest BCUT2D eigenvalue weighted by Gasteiger charge is -2.28. The number of nitrogens with zero attached hydrogens (tertiary/aromatic N) is 2. The van der Waals surface area contributed by atoms with Gasteiger partial charge in [0, 0.05) is 12.8 Å². The smallest absolute Gasteiger partial charge is 0.251 e. The minimum absolute atomic E-state index is 1.04. The quantitative estimate of drug-likeness (QED) is 0.694. The fourth-order valence-corrected chi connectivity index (χ4v) is 3.61. The van der Waals surface area contributed by atoms with Crippen molar-refractivity contribution in [3.63, 3.8) is 0 Å². The Bertz CT molecular complexity index is 546. The fraction of sp³-hybridized carbons (Fsp3) is 0.526. The molecule has 1 aliphatic carbocycles. The van der Waals surface area contributed by atoms with Gasteiger partial charge in [-0.15, -0.1) is 0 Å². The lowest BCUT2D eigenvalue weighted by molar-refractivity contribution is -0.538. The first-order valence-corrected chi connectivity index (χ1v) is 8.38. The van der Waals surface area contributed by atoms with Crippen LogP contribution in [-0.4, -0.2) is 34.9 Å². The van der Waals surface area contributed by atoms with E-state index in [4.69, 9.17) is 0 Å². The average Bonchev–Trinajstić information content (AvgIpc) is 2.79. The van der Waals surface area contributed by atoms with Gasteiger partial charge < -0.3 is 0 Å². The molecule has 0 unspecified atom stereocenters. The molecule has 0 saturated carbocycles. The molecular weight excluding hydrogens is 256 g/mol. The molecule has 0 atom stereocenters. The molecule has 0 spiro atoms. The highest BCUT2D eigenvalue weighted by molar-refractivity contribution is 5.80. The first-order chi connectivity index (χ1) is 10.3.